The molecule has 1 fully saturated rings. The number of halogens is 1. The van der Waals surface area contributed by atoms with Crippen molar-refractivity contribution in [1.82, 2.24) is 5.43 Å². The van der Waals surface area contributed by atoms with E-state index < -0.39 is 11.8 Å². The molecule has 2 amide bonds. The van der Waals surface area contributed by atoms with E-state index in [2.05, 4.69) is 11.5 Å². The molecule has 3 aromatic carbocycles. The molecule has 36 heavy (non-hydrogen) atoms. The minimum absolute atomic E-state index is 0.00657. The normalized spacial score (nSPS) is 14.2. The highest BCUT2D eigenvalue weighted by atomic mass is 35.5. The highest BCUT2D eigenvalue weighted by Crippen LogP contribution is 2.37. The van der Waals surface area contributed by atoms with Crippen molar-refractivity contribution in [3.05, 3.63) is 87.9 Å². The zero-order valence-electron chi connectivity index (χ0n) is 20.3. The van der Waals surface area contributed by atoms with Gasteiger partial charge in [-0.25, -0.2) is 5.01 Å². The second kappa shape index (κ2) is 11.2. The molecule has 0 aliphatic carbocycles. The first-order valence-electron chi connectivity index (χ1n) is 11.6. The number of carbonyl (C=O) groups is 2. The molecular formula is C28H27ClN2O5. The summed E-state index contributed by atoms with van der Waals surface area (Å²) in [6, 6.07) is 18.2. The van der Waals surface area contributed by atoms with Crippen LogP contribution in [0.4, 0.5) is 5.69 Å². The van der Waals surface area contributed by atoms with Gasteiger partial charge in [-0.1, -0.05) is 47.5 Å². The van der Waals surface area contributed by atoms with Crippen LogP contribution in [0, 0.1) is 13.8 Å². The fraction of sp³-hybridized carbons (Fsp3) is 0.214. The SMILES string of the molecule is CCOc1cc(/C=C2\C(=O)NN(c3ccccc3)C2=O)cc(Cl)c1OCCOc1ccc(C)cc1C. The molecular weight excluding hydrogens is 480 g/mol. The Balaban J connectivity index is 1.49. The molecule has 1 N–H and O–H groups in total. The molecule has 1 aliphatic rings. The summed E-state index contributed by atoms with van der Waals surface area (Å²) in [6.45, 7) is 6.83. The number of hydrogen-bond acceptors (Lipinski definition) is 5. The van der Waals surface area contributed by atoms with Gasteiger partial charge in [0.05, 0.1) is 17.3 Å². The zero-order chi connectivity index (χ0) is 25.7. The van der Waals surface area contributed by atoms with Crippen LogP contribution in [0.25, 0.3) is 6.08 Å². The van der Waals surface area contributed by atoms with Crippen LogP contribution in [0.1, 0.15) is 23.6 Å². The van der Waals surface area contributed by atoms with E-state index in [9.17, 15) is 9.59 Å². The van der Waals surface area contributed by atoms with Crippen LogP contribution in [0.15, 0.2) is 66.2 Å². The van der Waals surface area contributed by atoms with Crippen molar-refractivity contribution in [2.45, 2.75) is 20.8 Å². The Morgan fingerprint density at radius 2 is 1.67 bits per heavy atom. The summed E-state index contributed by atoms with van der Waals surface area (Å²) in [6.07, 6.45) is 1.49. The van der Waals surface area contributed by atoms with Gasteiger partial charge in [-0.2, -0.15) is 0 Å². The first-order valence-corrected chi connectivity index (χ1v) is 12.0. The summed E-state index contributed by atoms with van der Waals surface area (Å²) >= 11 is 6.52. The molecule has 4 rings (SSSR count). The van der Waals surface area contributed by atoms with Crippen LogP contribution in [-0.4, -0.2) is 31.6 Å². The molecule has 0 radical (unpaired) electrons. The maximum atomic E-state index is 12.9. The highest BCUT2D eigenvalue weighted by molar-refractivity contribution is 6.33. The smallest absolute Gasteiger partial charge is 0.282 e. The van der Waals surface area contributed by atoms with Crippen LogP contribution in [-0.2, 0) is 9.59 Å². The van der Waals surface area contributed by atoms with E-state index in [1.54, 1.807) is 36.4 Å². The third-order valence-corrected chi connectivity index (χ3v) is 5.75. The van der Waals surface area contributed by atoms with Crippen LogP contribution < -0.4 is 24.6 Å². The summed E-state index contributed by atoms with van der Waals surface area (Å²) < 4.78 is 17.5. The van der Waals surface area contributed by atoms with Crippen molar-refractivity contribution >= 4 is 35.2 Å². The van der Waals surface area contributed by atoms with Gasteiger partial charge < -0.3 is 14.2 Å². The number of benzene rings is 3. The second-order valence-corrected chi connectivity index (χ2v) is 8.61. The number of carbonyl (C=O) groups excluding carboxylic acids is 2. The van der Waals surface area contributed by atoms with Crippen molar-refractivity contribution in [1.29, 1.82) is 0 Å². The van der Waals surface area contributed by atoms with E-state index in [0.29, 0.717) is 41.0 Å². The predicted octanol–water partition coefficient (Wildman–Crippen LogP) is 5.27. The van der Waals surface area contributed by atoms with Gasteiger partial charge in [-0.3, -0.25) is 15.0 Å². The number of para-hydroxylation sites is 1. The molecule has 0 saturated carbocycles. The molecule has 3 aromatic rings. The number of nitrogens with one attached hydrogen (secondary N) is 1. The molecule has 0 aromatic heterocycles. The number of hydrogen-bond donors (Lipinski definition) is 1. The first-order chi connectivity index (χ1) is 17.4. The highest BCUT2D eigenvalue weighted by Gasteiger charge is 2.34. The Bertz CT molecular complexity index is 1310. The Kier molecular flexibility index (Phi) is 7.80. The molecule has 1 saturated heterocycles. The van der Waals surface area contributed by atoms with Crippen LogP contribution in [0.5, 0.6) is 17.2 Å². The molecule has 0 atom stereocenters. The molecule has 0 unspecified atom stereocenters. The largest absolute Gasteiger partial charge is 0.490 e. The number of amides is 2. The Labute approximate surface area is 215 Å². The molecule has 1 heterocycles. The third kappa shape index (κ3) is 5.63. The monoisotopic (exact) mass is 506 g/mol. The Morgan fingerprint density at radius 3 is 2.39 bits per heavy atom. The number of rotatable bonds is 9. The topological polar surface area (TPSA) is 77.1 Å². The molecule has 186 valence electrons. The van der Waals surface area contributed by atoms with Crippen molar-refractivity contribution in [2.75, 3.05) is 24.8 Å². The van der Waals surface area contributed by atoms with E-state index in [1.165, 1.54) is 16.6 Å². The summed E-state index contributed by atoms with van der Waals surface area (Å²) in [7, 11) is 0. The van der Waals surface area contributed by atoms with E-state index in [-0.39, 0.29) is 12.2 Å². The average Bonchev–Trinajstić information content (AvgIpc) is 3.13. The molecule has 1 aliphatic heterocycles. The van der Waals surface area contributed by atoms with Gasteiger partial charge in [-0.15, -0.1) is 0 Å². The summed E-state index contributed by atoms with van der Waals surface area (Å²) in [5, 5.41) is 1.51. The lowest BCUT2D eigenvalue weighted by Crippen LogP contribution is -2.35. The maximum Gasteiger partial charge on any atom is 0.282 e. The fourth-order valence-electron chi connectivity index (χ4n) is 3.81. The lowest BCUT2D eigenvalue weighted by atomic mass is 10.1. The number of ether oxygens (including phenoxy) is 3. The molecule has 8 heteroatoms. The quantitative estimate of drug-likeness (QED) is 0.243. The fourth-order valence-corrected chi connectivity index (χ4v) is 4.09. The lowest BCUT2D eigenvalue weighted by Gasteiger charge is -2.15. The van der Waals surface area contributed by atoms with Crippen molar-refractivity contribution in [2.24, 2.45) is 0 Å². The Morgan fingerprint density at radius 1 is 0.917 bits per heavy atom. The van der Waals surface area contributed by atoms with Crippen molar-refractivity contribution in [3.8, 4) is 17.2 Å². The van der Waals surface area contributed by atoms with Gasteiger partial charge in [0.15, 0.2) is 11.5 Å². The van der Waals surface area contributed by atoms with Gasteiger partial charge in [0, 0.05) is 0 Å². The van der Waals surface area contributed by atoms with Crippen molar-refractivity contribution in [3.63, 3.8) is 0 Å². The number of nitrogens with zero attached hydrogens (tertiary/aromatic N) is 1. The van der Waals surface area contributed by atoms with E-state index in [4.69, 9.17) is 25.8 Å². The van der Waals surface area contributed by atoms with E-state index >= 15 is 0 Å². The van der Waals surface area contributed by atoms with Crippen LogP contribution in [0.3, 0.4) is 0 Å². The molecule has 0 spiro atoms. The van der Waals surface area contributed by atoms with Crippen molar-refractivity contribution < 1.29 is 23.8 Å². The van der Waals surface area contributed by atoms with Gasteiger partial charge in [0.2, 0.25) is 0 Å². The Hall–Kier alpha value is -3.97. The predicted molar refractivity (Wildman–Crippen MR) is 140 cm³/mol. The minimum atomic E-state index is -0.498. The summed E-state index contributed by atoms with van der Waals surface area (Å²) in [5.74, 6) is 0.629. The van der Waals surface area contributed by atoms with E-state index in [1.807, 2.05) is 39.0 Å². The van der Waals surface area contributed by atoms with Crippen LogP contribution >= 0.6 is 11.6 Å². The second-order valence-electron chi connectivity index (χ2n) is 8.20. The lowest BCUT2D eigenvalue weighted by molar-refractivity contribution is -0.117. The first kappa shape index (κ1) is 25.1. The maximum absolute atomic E-state index is 12.9. The average molecular weight is 507 g/mol. The molecule has 0 bridgehead atoms. The van der Waals surface area contributed by atoms with Gasteiger partial charge in [-0.05, 0) is 68.3 Å². The summed E-state index contributed by atoms with van der Waals surface area (Å²) in [5.41, 5.74) is 5.91. The van der Waals surface area contributed by atoms with Crippen LogP contribution in [0.2, 0.25) is 5.02 Å². The third-order valence-electron chi connectivity index (χ3n) is 5.47. The minimum Gasteiger partial charge on any atom is -0.490 e. The molecule has 7 nitrogen and oxygen atoms in total. The number of hydrazine groups is 1. The van der Waals surface area contributed by atoms with Gasteiger partial charge in [0.25, 0.3) is 11.8 Å². The number of aryl methyl sites for hydroxylation is 2. The zero-order valence-corrected chi connectivity index (χ0v) is 21.1. The van der Waals surface area contributed by atoms with Gasteiger partial charge in [0.1, 0.15) is 24.5 Å². The van der Waals surface area contributed by atoms with Gasteiger partial charge >= 0.3 is 0 Å². The van der Waals surface area contributed by atoms with E-state index in [0.717, 1.165) is 11.3 Å². The standard InChI is InChI=1S/C28H27ClN2O5/c1-4-34-25-17-20(15-22-27(32)30-31(28(22)33)21-8-6-5-7-9-21)16-23(29)26(25)36-13-12-35-24-11-10-18(2)14-19(24)3/h5-11,14-17H,4,12-13H2,1-3H3,(H,30,32)/b22-15+. The summed E-state index contributed by atoms with van der Waals surface area (Å²) in [4.78, 5) is 25.4. The number of anilines is 1.